The molecule has 0 aliphatic heterocycles. The maximum absolute atomic E-state index is 13.0. The van der Waals surface area contributed by atoms with Crippen LogP contribution in [0.3, 0.4) is 0 Å². The molecule has 7 heteroatoms. The van der Waals surface area contributed by atoms with Crippen molar-refractivity contribution in [1.29, 1.82) is 0 Å². The Bertz CT molecular complexity index is 976. The molecule has 1 heterocycles. The van der Waals surface area contributed by atoms with Crippen LogP contribution in [0.1, 0.15) is 30.3 Å². The zero-order chi connectivity index (χ0) is 19.4. The second-order valence-electron chi connectivity index (χ2n) is 5.85. The molecule has 0 unspecified atom stereocenters. The highest BCUT2D eigenvalue weighted by Gasteiger charge is 2.20. The summed E-state index contributed by atoms with van der Waals surface area (Å²) in [5, 5.41) is 11.2. The Morgan fingerprint density at radius 3 is 2.56 bits per heavy atom. The smallest absolute Gasteiger partial charge is 0.360 e. The van der Waals surface area contributed by atoms with Gasteiger partial charge in [-0.3, -0.25) is 0 Å². The van der Waals surface area contributed by atoms with Gasteiger partial charge >= 0.3 is 5.97 Å². The van der Waals surface area contributed by atoms with Gasteiger partial charge in [-0.05, 0) is 48.9 Å². The Kier molecular flexibility index (Phi) is 5.76. The Morgan fingerprint density at radius 2 is 1.85 bits per heavy atom. The van der Waals surface area contributed by atoms with Crippen LogP contribution < -0.4 is 4.74 Å². The van der Waals surface area contributed by atoms with E-state index in [1.807, 2.05) is 6.92 Å². The highest BCUT2D eigenvalue weighted by Crippen LogP contribution is 2.35. The first-order valence-electron chi connectivity index (χ1n) is 8.42. The van der Waals surface area contributed by atoms with E-state index < -0.39 is 5.97 Å². The Morgan fingerprint density at radius 1 is 1.15 bits per heavy atom. The summed E-state index contributed by atoms with van der Waals surface area (Å²) in [5.74, 6) is -0.521. The number of esters is 1. The number of benzene rings is 2. The van der Waals surface area contributed by atoms with Crippen LogP contribution >= 0.6 is 11.6 Å². The number of pyridine rings is 1. The van der Waals surface area contributed by atoms with Crippen molar-refractivity contribution in [3.63, 3.8) is 0 Å². The molecule has 3 rings (SSSR count). The van der Waals surface area contributed by atoms with Gasteiger partial charge in [-0.1, -0.05) is 24.9 Å². The van der Waals surface area contributed by atoms with Crippen LogP contribution in [0.5, 0.6) is 17.2 Å². The average Bonchev–Trinajstić information content (AvgIpc) is 2.66. The molecule has 2 aromatic carbocycles. The minimum Gasteiger partial charge on any atom is -0.505 e. The summed E-state index contributed by atoms with van der Waals surface area (Å²) < 4.78 is 23.7. The van der Waals surface area contributed by atoms with Crippen molar-refractivity contribution in [2.24, 2.45) is 0 Å². The summed E-state index contributed by atoms with van der Waals surface area (Å²) in [7, 11) is 0. The molecule has 0 aliphatic rings. The number of unbranched alkanes of at least 4 members (excludes halogenated alkanes) is 1. The molecule has 0 bridgehead atoms. The standard InChI is InChI=1S/C20H17ClFNO4/c1-2-3-10-26-20(25)17-18(24)15-9-8-14(11-16(15)19(21)23-17)27-13-6-4-12(22)5-7-13/h4-9,11,24H,2-3,10H2,1H3. The molecule has 0 saturated carbocycles. The molecule has 0 radical (unpaired) electrons. The van der Waals surface area contributed by atoms with E-state index in [0.717, 1.165) is 12.8 Å². The van der Waals surface area contributed by atoms with Crippen molar-refractivity contribution in [2.45, 2.75) is 19.8 Å². The van der Waals surface area contributed by atoms with Gasteiger partial charge in [-0.2, -0.15) is 0 Å². The highest BCUT2D eigenvalue weighted by molar-refractivity contribution is 6.35. The number of carbonyl (C=O) groups is 1. The van der Waals surface area contributed by atoms with Gasteiger partial charge in [0.15, 0.2) is 11.4 Å². The predicted octanol–water partition coefficient (Wildman–Crippen LogP) is 5.48. The first-order valence-corrected chi connectivity index (χ1v) is 8.80. The number of aromatic nitrogens is 1. The third kappa shape index (κ3) is 4.28. The first-order chi connectivity index (χ1) is 13.0. The number of hydrogen-bond donors (Lipinski definition) is 1. The lowest BCUT2D eigenvalue weighted by molar-refractivity contribution is 0.0489. The number of ether oxygens (including phenoxy) is 2. The monoisotopic (exact) mass is 389 g/mol. The van der Waals surface area contributed by atoms with Crippen LogP contribution in [0.2, 0.25) is 5.15 Å². The van der Waals surface area contributed by atoms with Crippen LogP contribution in [0.15, 0.2) is 42.5 Å². The summed E-state index contributed by atoms with van der Waals surface area (Å²) in [5.41, 5.74) is -0.226. The molecule has 5 nitrogen and oxygen atoms in total. The van der Waals surface area contributed by atoms with Crippen LogP contribution in [0.25, 0.3) is 10.8 Å². The molecular formula is C20H17ClFNO4. The van der Waals surface area contributed by atoms with E-state index in [1.165, 1.54) is 24.3 Å². The third-order valence-corrected chi connectivity index (χ3v) is 4.16. The molecule has 140 valence electrons. The molecule has 1 aromatic heterocycles. The molecule has 3 aromatic rings. The minimum absolute atomic E-state index is 0.0368. The van der Waals surface area contributed by atoms with Gasteiger partial charge in [0, 0.05) is 10.8 Å². The van der Waals surface area contributed by atoms with Crippen LogP contribution in [0.4, 0.5) is 4.39 Å². The maximum atomic E-state index is 13.0. The average molecular weight is 390 g/mol. The molecule has 0 fully saturated rings. The summed E-state index contributed by atoms with van der Waals surface area (Å²) in [6.45, 7) is 2.22. The number of hydrogen-bond acceptors (Lipinski definition) is 5. The third-order valence-electron chi connectivity index (χ3n) is 3.88. The van der Waals surface area contributed by atoms with Gasteiger partial charge < -0.3 is 14.6 Å². The number of rotatable bonds is 6. The number of fused-ring (bicyclic) bond motifs is 1. The highest BCUT2D eigenvalue weighted by atomic mass is 35.5. The molecule has 0 aliphatic carbocycles. The topological polar surface area (TPSA) is 68.7 Å². The fraction of sp³-hybridized carbons (Fsp3) is 0.200. The van der Waals surface area contributed by atoms with Crippen molar-refractivity contribution in [2.75, 3.05) is 6.61 Å². The van der Waals surface area contributed by atoms with E-state index >= 15 is 0 Å². The zero-order valence-electron chi connectivity index (χ0n) is 14.5. The normalized spacial score (nSPS) is 10.8. The Balaban J connectivity index is 1.91. The molecule has 0 spiro atoms. The number of aromatic hydroxyl groups is 1. The molecule has 0 saturated heterocycles. The zero-order valence-corrected chi connectivity index (χ0v) is 15.3. The molecule has 1 N–H and O–H groups in total. The summed E-state index contributed by atoms with van der Waals surface area (Å²) in [6, 6.07) is 10.3. The van der Waals surface area contributed by atoms with Gasteiger partial charge in [-0.25, -0.2) is 14.2 Å². The van der Waals surface area contributed by atoms with Crippen molar-refractivity contribution >= 4 is 28.3 Å². The largest absolute Gasteiger partial charge is 0.505 e. The van der Waals surface area contributed by atoms with Crippen molar-refractivity contribution in [3.8, 4) is 17.2 Å². The molecule has 0 amide bonds. The summed E-state index contributed by atoms with van der Waals surface area (Å²) in [4.78, 5) is 16.1. The van der Waals surface area contributed by atoms with E-state index in [2.05, 4.69) is 4.98 Å². The van der Waals surface area contributed by atoms with E-state index in [1.54, 1.807) is 18.2 Å². The van der Waals surface area contributed by atoms with E-state index in [9.17, 15) is 14.3 Å². The number of halogens is 2. The lowest BCUT2D eigenvalue weighted by atomic mass is 10.1. The van der Waals surface area contributed by atoms with Gasteiger partial charge in [0.2, 0.25) is 0 Å². The van der Waals surface area contributed by atoms with Crippen molar-refractivity contribution < 1.29 is 23.8 Å². The second-order valence-corrected chi connectivity index (χ2v) is 6.21. The van der Waals surface area contributed by atoms with Crippen molar-refractivity contribution in [3.05, 3.63) is 59.1 Å². The quantitative estimate of drug-likeness (QED) is 0.343. The van der Waals surface area contributed by atoms with E-state index in [-0.39, 0.29) is 29.0 Å². The number of nitrogens with zero attached hydrogens (tertiary/aromatic N) is 1. The molecule has 27 heavy (non-hydrogen) atoms. The fourth-order valence-corrected chi connectivity index (χ4v) is 2.70. The van der Waals surface area contributed by atoms with Crippen molar-refractivity contribution in [1.82, 2.24) is 4.98 Å². The summed E-state index contributed by atoms with van der Waals surface area (Å²) in [6.07, 6.45) is 1.60. The second kappa shape index (κ2) is 8.22. The van der Waals surface area contributed by atoms with Gasteiger partial charge in [0.25, 0.3) is 0 Å². The van der Waals surface area contributed by atoms with Crippen LogP contribution in [-0.2, 0) is 4.74 Å². The lowest BCUT2D eigenvalue weighted by Crippen LogP contribution is -2.09. The fourth-order valence-electron chi connectivity index (χ4n) is 2.46. The SMILES string of the molecule is CCCCOC(=O)c1nc(Cl)c2cc(Oc3ccc(F)cc3)ccc2c1O. The van der Waals surface area contributed by atoms with Crippen LogP contribution in [-0.4, -0.2) is 22.7 Å². The predicted molar refractivity (Wildman–Crippen MR) is 100 cm³/mol. The van der Waals surface area contributed by atoms with Gasteiger partial charge in [0.05, 0.1) is 6.61 Å². The van der Waals surface area contributed by atoms with Crippen LogP contribution in [0, 0.1) is 5.82 Å². The maximum Gasteiger partial charge on any atom is 0.360 e. The van der Waals surface area contributed by atoms with E-state index in [4.69, 9.17) is 21.1 Å². The van der Waals surface area contributed by atoms with Gasteiger partial charge in [0.1, 0.15) is 22.5 Å². The Labute approximate surface area is 160 Å². The Hall–Kier alpha value is -2.86. The molecule has 0 atom stereocenters. The molecular weight excluding hydrogens is 373 g/mol. The van der Waals surface area contributed by atoms with Gasteiger partial charge in [-0.15, -0.1) is 0 Å². The lowest BCUT2D eigenvalue weighted by Gasteiger charge is -2.11. The van der Waals surface area contributed by atoms with E-state index in [0.29, 0.717) is 22.3 Å². The minimum atomic E-state index is -0.726. The summed E-state index contributed by atoms with van der Waals surface area (Å²) >= 11 is 6.20. The first kappa shape index (κ1) is 18.9. The number of carbonyl (C=O) groups excluding carboxylic acids is 1.